The lowest BCUT2D eigenvalue weighted by Gasteiger charge is -2.40. The molecule has 48 heavy (non-hydrogen) atoms. The van der Waals surface area contributed by atoms with E-state index < -0.39 is 30.6 Å². The van der Waals surface area contributed by atoms with Gasteiger partial charge in [-0.2, -0.15) is 5.10 Å². The second kappa shape index (κ2) is 11.9. The Morgan fingerprint density at radius 2 is 1.96 bits per heavy atom. The molecule has 8 rings (SSSR count). The highest BCUT2D eigenvalue weighted by Gasteiger charge is 2.40. The fourth-order valence-corrected chi connectivity index (χ4v) is 7.13. The Kier molecular flexibility index (Phi) is 7.50. The van der Waals surface area contributed by atoms with E-state index in [1.165, 1.54) is 0 Å². The maximum absolute atomic E-state index is 15.7. The number of nitrogens with one attached hydrogen (secondary N) is 1. The third-order valence-corrected chi connectivity index (χ3v) is 9.71. The van der Waals surface area contributed by atoms with Gasteiger partial charge in [-0.3, -0.25) is 9.36 Å². The number of rotatable bonds is 8. The van der Waals surface area contributed by atoms with Crippen molar-refractivity contribution in [1.82, 2.24) is 39.5 Å². The number of piperidine rings is 1. The van der Waals surface area contributed by atoms with E-state index in [-0.39, 0.29) is 25.4 Å². The van der Waals surface area contributed by atoms with Gasteiger partial charge in [-0.15, -0.1) is 0 Å². The van der Waals surface area contributed by atoms with Crippen molar-refractivity contribution in [3.63, 3.8) is 0 Å². The van der Waals surface area contributed by atoms with E-state index in [4.69, 9.17) is 20.8 Å². The molecule has 246 valence electrons. The van der Waals surface area contributed by atoms with Crippen molar-refractivity contribution in [3.05, 3.63) is 90.4 Å². The molecule has 0 spiro atoms. The number of carbonyl (C=O) groups excluding carboxylic acids is 1. The molecule has 5 heterocycles. The van der Waals surface area contributed by atoms with E-state index in [1.807, 2.05) is 53.2 Å². The Labute approximate surface area is 274 Å². The zero-order chi connectivity index (χ0) is 33.1. The predicted octanol–water partition coefficient (Wildman–Crippen LogP) is 5.46. The third kappa shape index (κ3) is 5.31. The van der Waals surface area contributed by atoms with Gasteiger partial charge in [0.15, 0.2) is 17.3 Å². The van der Waals surface area contributed by atoms with E-state index in [2.05, 4.69) is 16.9 Å². The van der Waals surface area contributed by atoms with E-state index in [9.17, 15) is 13.6 Å². The lowest BCUT2D eigenvalue weighted by molar-refractivity contribution is -0.134. The van der Waals surface area contributed by atoms with Crippen molar-refractivity contribution in [2.45, 2.75) is 68.7 Å². The molecule has 10 nitrogen and oxygen atoms in total. The molecule has 1 saturated carbocycles. The van der Waals surface area contributed by atoms with E-state index in [0.29, 0.717) is 46.5 Å². The molecule has 3 unspecified atom stereocenters. The minimum Gasteiger partial charge on any atom is -0.383 e. The maximum Gasteiger partial charge on any atom is 0.258 e. The smallest absolute Gasteiger partial charge is 0.258 e. The number of nitrogens with two attached hydrogens (primary N) is 1. The first-order chi connectivity index (χ1) is 23.3. The summed E-state index contributed by atoms with van der Waals surface area (Å²) in [6.45, 7) is 3.59. The number of fused-ring (bicyclic) bond motifs is 2. The molecule has 4 atom stereocenters. The van der Waals surface area contributed by atoms with Crippen molar-refractivity contribution in [2.24, 2.45) is 0 Å². The SMILES string of the molecule is C=CC(=O)N1CCC(N[C@@H]2c3ccc(-n4c(-c5cccnc5N)nc5ccc(-n6ccc(C7CC7)n6)nc54)cc3CC2F)CC1C(F)F. The Morgan fingerprint density at radius 3 is 2.73 bits per heavy atom. The molecule has 1 saturated heterocycles. The van der Waals surface area contributed by atoms with E-state index in [1.54, 1.807) is 16.9 Å². The third-order valence-electron chi connectivity index (χ3n) is 9.71. The molecule has 13 heteroatoms. The van der Waals surface area contributed by atoms with Crippen molar-refractivity contribution >= 4 is 22.9 Å². The number of hydrogen-bond donors (Lipinski definition) is 2. The van der Waals surface area contributed by atoms with Crippen LogP contribution in [0.1, 0.15) is 54.5 Å². The van der Waals surface area contributed by atoms with E-state index in [0.717, 1.165) is 46.3 Å². The first-order valence-electron chi connectivity index (χ1n) is 16.2. The number of nitrogen functional groups attached to an aromatic ring is 1. The summed E-state index contributed by atoms with van der Waals surface area (Å²) < 4.78 is 47.3. The molecule has 3 N–H and O–H groups in total. The van der Waals surface area contributed by atoms with Gasteiger partial charge in [0.1, 0.15) is 17.5 Å². The van der Waals surface area contributed by atoms with Gasteiger partial charge in [0.2, 0.25) is 5.91 Å². The van der Waals surface area contributed by atoms with Gasteiger partial charge in [-0.25, -0.2) is 32.8 Å². The number of nitrogens with zero attached hydrogens (tertiary/aromatic N) is 7. The number of anilines is 1. The second-order valence-electron chi connectivity index (χ2n) is 12.8. The van der Waals surface area contributed by atoms with Crippen LogP contribution in [0.15, 0.2) is 73.6 Å². The second-order valence-corrected chi connectivity index (χ2v) is 12.8. The fourth-order valence-electron chi connectivity index (χ4n) is 7.13. The van der Waals surface area contributed by atoms with Crippen LogP contribution in [0.2, 0.25) is 0 Å². The van der Waals surface area contributed by atoms with Gasteiger partial charge >= 0.3 is 0 Å². The molecule has 5 aromatic rings. The topological polar surface area (TPSA) is 120 Å². The van der Waals surface area contributed by atoms with Crippen LogP contribution < -0.4 is 11.1 Å². The number of benzene rings is 1. The quantitative estimate of drug-likeness (QED) is 0.214. The zero-order valence-electron chi connectivity index (χ0n) is 26.0. The Morgan fingerprint density at radius 1 is 1.10 bits per heavy atom. The molecule has 1 aromatic carbocycles. The summed E-state index contributed by atoms with van der Waals surface area (Å²) in [7, 11) is 0. The number of pyridine rings is 2. The molecule has 0 radical (unpaired) electrons. The lowest BCUT2D eigenvalue weighted by Crippen LogP contribution is -2.54. The molecule has 1 aliphatic heterocycles. The Bertz CT molecular complexity index is 2040. The number of amides is 1. The normalized spacial score (nSPS) is 22.4. The lowest BCUT2D eigenvalue weighted by atomic mass is 9.95. The summed E-state index contributed by atoms with van der Waals surface area (Å²) in [5, 5.41) is 8.07. The van der Waals surface area contributed by atoms with Gasteiger partial charge in [0.05, 0.1) is 23.3 Å². The number of hydrogen-bond acceptors (Lipinski definition) is 7. The largest absolute Gasteiger partial charge is 0.383 e. The summed E-state index contributed by atoms with van der Waals surface area (Å²) in [6, 6.07) is 12.8. The van der Waals surface area contributed by atoms with E-state index >= 15 is 4.39 Å². The van der Waals surface area contributed by atoms with Crippen LogP contribution in [0.5, 0.6) is 0 Å². The zero-order valence-corrected chi connectivity index (χ0v) is 26.0. The highest BCUT2D eigenvalue weighted by molar-refractivity contribution is 5.87. The van der Waals surface area contributed by atoms with Gasteiger partial charge < -0.3 is 16.0 Å². The summed E-state index contributed by atoms with van der Waals surface area (Å²) in [5.41, 5.74) is 11.5. The van der Waals surface area contributed by atoms with Crippen LogP contribution in [0.25, 0.3) is 34.1 Å². The minimum atomic E-state index is -2.71. The molecule has 0 bridgehead atoms. The number of imidazole rings is 1. The van der Waals surface area contributed by atoms with Crippen molar-refractivity contribution in [3.8, 4) is 22.9 Å². The van der Waals surface area contributed by atoms with Crippen molar-refractivity contribution in [2.75, 3.05) is 12.3 Å². The fraction of sp³-hybridized carbons (Fsp3) is 0.343. The summed E-state index contributed by atoms with van der Waals surface area (Å²) >= 11 is 0. The summed E-state index contributed by atoms with van der Waals surface area (Å²) in [5.74, 6) is 1.48. The summed E-state index contributed by atoms with van der Waals surface area (Å²) in [6.07, 6.45) is 3.52. The van der Waals surface area contributed by atoms with Crippen molar-refractivity contribution in [1.29, 1.82) is 0 Å². The molecule has 1 amide bonds. The first kappa shape index (κ1) is 30.3. The predicted molar refractivity (Wildman–Crippen MR) is 175 cm³/mol. The van der Waals surface area contributed by atoms with Crippen LogP contribution in [0, 0.1) is 0 Å². The van der Waals surface area contributed by atoms with Gasteiger partial charge in [0.25, 0.3) is 6.43 Å². The highest BCUT2D eigenvalue weighted by Crippen LogP contribution is 2.40. The minimum absolute atomic E-state index is 0.0250. The van der Waals surface area contributed by atoms with Gasteiger partial charge in [0, 0.05) is 43.0 Å². The molecular formula is C35H34F3N9O. The molecule has 2 fully saturated rings. The molecule has 4 aromatic heterocycles. The monoisotopic (exact) mass is 653 g/mol. The number of aromatic nitrogens is 6. The first-order valence-corrected chi connectivity index (χ1v) is 16.2. The average Bonchev–Trinajstić information content (AvgIpc) is 3.57. The van der Waals surface area contributed by atoms with Crippen molar-refractivity contribution < 1.29 is 18.0 Å². The van der Waals surface area contributed by atoms with Crippen LogP contribution >= 0.6 is 0 Å². The number of alkyl halides is 3. The molecule has 2 aliphatic carbocycles. The number of halogens is 3. The highest BCUT2D eigenvalue weighted by atomic mass is 19.3. The standard InChI is InChI=1S/C35H34F3N9O/c1-2-30(48)45-14-11-21(18-28(45)32(37)38)41-31-23-8-7-22(16-20(23)17-25(31)36)47-34(24-4-3-13-40-33(24)39)42-27-9-10-29(43-35(27)47)46-15-12-26(44-46)19-5-6-19/h2-4,7-10,12-13,15-16,19,21,25,28,31-32,41H,1,5-6,11,14,17-18H2,(H2,39,40)/t21?,25?,28?,31-/m1/s1. The molecular weight excluding hydrogens is 619 g/mol. The summed E-state index contributed by atoms with van der Waals surface area (Å²) in [4.78, 5) is 27.5. The maximum atomic E-state index is 15.7. The number of carbonyl (C=O) groups is 1. The van der Waals surface area contributed by atoms with Crippen LogP contribution in [-0.4, -0.2) is 71.3 Å². The van der Waals surface area contributed by atoms with Gasteiger partial charge in [-0.1, -0.05) is 12.6 Å². The molecule has 3 aliphatic rings. The van der Waals surface area contributed by atoms with Crippen LogP contribution in [0.3, 0.4) is 0 Å². The van der Waals surface area contributed by atoms with Crippen LogP contribution in [0.4, 0.5) is 19.0 Å². The average molecular weight is 654 g/mol. The number of likely N-dealkylation sites (tertiary alicyclic amines) is 1. The Hall–Kier alpha value is -5.04. The van der Waals surface area contributed by atoms with Gasteiger partial charge in [-0.05, 0) is 85.4 Å². The van der Waals surface area contributed by atoms with Crippen LogP contribution in [-0.2, 0) is 11.2 Å². The Balaban J connectivity index is 1.15.